The van der Waals surface area contributed by atoms with E-state index in [1.165, 1.54) is 6.42 Å². The SMILES string of the molecule is CC(C)C1(C(C)(C)C)CCC2(CC1C(C)(C)C)OO2. The summed E-state index contributed by atoms with van der Waals surface area (Å²) in [6, 6.07) is 0. The highest BCUT2D eigenvalue weighted by Gasteiger charge is 2.64. The molecule has 1 spiro atoms. The quantitative estimate of drug-likeness (QED) is 0.483. The van der Waals surface area contributed by atoms with E-state index in [1.54, 1.807) is 0 Å². The van der Waals surface area contributed by atoms with Crippen molar-refractivity contribution in [3.63, 3.8) is 0 Å². The van der Waals surface area contributed by atoms with E-state index in [4.69, 9.17) is 9.78 Å². The van der Waals surface area contributed by atoms with Crippen molar-refractivity contribution < 1.29 is 9.78 Å². The monoisotopic (exact) mass is 268 g/mol. The van der Waals surface area contributed by atoms with Gasteiger partial charge in [-0.2, -0.15) is 9.78 Å². The molecule has 2 heteroatoms. The summed E-state index contributed by atoms with van der Waals surface area (Å²) in [6.07, 6.45) is 3.30. The molecule has 0 bridgehead atoms. The molecule has 2 fully saturated rings. The predicted octanol–water partition coefficient (Wildman–Crippen LogP) is 5.18. The Morgan fingerprint density at radius 3 is 1.79 bits per heavy atom. The Morgan fingerprint density at radius 1 is 0.947 bits per heavy atom. The van der Waals surface area contributed by atoms with Crippen molar-refractivity contribution in [1.82, 2.24) is 0 Å². The maximum Gasteiger partial charge on any atom is 0.234 e. The van der Waals surface area contributed by atoms with Gasteiger partial charge >= 0.3 is 0 Å². The summed E-state index contributed by atoms with van der Waals surface area (Å²) in [5.74, 6) is 1.06. The molecule has 0 N–H and O–H groups in total. The summed E-state index contributed by atoms with van der Waals surface area (Å²) in [4.78, 5) is 10.7. The second-order valence-corrected chi connectivity index (χ2v) is 9.15. The summed E-state index contributed by atoms with van der Waals surface area (Å²) in [6.45, 7) is 19.2. The van der Waals surface area contributed by atoms with Gasteiger partial charge in [0.2, 0.25) is 5.79 Å². The van der Waals surface area contributed by atoms with Crippen molar-refractivity contribution in [1.29, 1.82) is 0 Å². The van der Waals surface area contributed by atoms with Crippen LogP contribution in [-0.4, -0.2) is 5.79 Å². The summed E-state index contributed by atoms with van der Waals surface area (Å²) >= 11 is 0. The van der Waals surface area contributed by atoms with E-state index in [0.717, 1.165) is 12.8 Å². The predicted molar refractivity (Wildman–Crippen MR) is 78.4 cm³/mol. The van der Waals surface area contributed by atoms with Gasteiger partial charge < -0.3 is 0 Å². The molecule has 2 rings (SSSR count). The van der Waals surface area contributed by atoms with E-state index in [-0.39, 0.29) is 11.2 Å². The Kier molecular flexibility index (Phi) is 3.39. The molecular weight excluding hydrogens is 236 g/mol. The van der Waals surface area contributed by atoms with Gasteiger partial charge in [-0.1, -0.05) is 55.4 Å². The van der Waals surface area contributed by atoms with Crippen LogP contribution in [0.5, 0.6) is 0 Å². The summed E-state index contributed by atoms with van der Waals surface area (Å²) in [5, 5.41) is 0. The van der Waals surface area contributed by atoms with Gasteiger partial charge in [-0.3, -0.25) is 0 Å². The first-order valence-electron chi connectivity index (χ1n) is 7.81. The average molecular weight is 268 g/mol. The lowest BCUT2D eigenvalue weighted by molar-refractivity contribution is -0.125. The third-order valence-corrected chi connectivity index (χ3v) is 5.85. The molecule has 2 aliphatic rings. The molecule has 0 aromatic heterocycles. The topological polar surface area (TPSA) is 25.1 Å². The number of rotatable bonds is 1. The minimum Gasteiger partial charge on any atom is -0.195 e. The molecule has 19 heavy (non-hydrogen) atoms. The van der Waals surface area contributed by atoms with Gasteiger partial charge in [0.1, 0.15) is 0 Å². The van der Waals surface area contributed by atoms with Gasteiger partial charge in [0.15, 0.2) is 0 Å². The molecule has 112 valence electrons. The largest absolute Gasteiger partial charge is 0.234 e. The number of hydrogen-bond acceptors (Lipinski definition) is 2. The first-order valence-corrected chi connectivity index (χ1v) is 7.81. The highest BCUT2D eigenvalue weighted by atomic mass is 17.4. The van der Waals surface area contributed by atoms with Gasteiger partial charge in [0.25, 0.3) is 0 Å². The molecule has 2 unspecified atom stereocenters. The normalized spacial score (nSPS) is 34.9. The molecule has 0 radical (unpaired) electrons. The van der Waals surface area contributed by atoms with E-state index < -0.39 is 0 Å². The van der Waals surface area contributed by atoms with Crippen molar-refractivity contribution in [3.05, 3.63) is 0 Å². The third-order valence-electron chi connectivity index (χ3n) is 5.85. The van der Waals surface area contributed by atoms with E-state index in [1.807, 2.05) is 0 Å². The summed E-state index contributed by atoms with van der Waals surface area (Å²) in [5.41, 5.74) is 0.932. The maximum atomic E-state index is 5.35. The average Bonchev–Trinajstić information content (AvgIpc) is 2.94. The molecule has 1 aliphatic carbocycles. The first-order chi connectivity index (χ1) is 8.45. The molecule has 0 aromatic carbocycles. The van der Waals surface area contributed by atoms with E-state index in [2.05, 4.69) is 55.4 Å². The van der Waals surface area contributed by atoms with Crippen LogP contribution in [-0.2, 0) is 9.78 Å². The van der Waals surface area contributed by atoms with Crippen molar-refractivity contribution in [3.8, 4) is 0 Å². The Morgan fingerprint density at radius 2 is 1.47 bits per heavy atom. The fraction of sp³-hybridized carbons (Fsp3) is 1.00. The zero-order valence-electron chi connectivity index (χ0n) is 14.1. The van der Waals surface area contributed by atoms with Crippen molar-refractivity contribution in [2.24, 2.45) is 28.1 Å². The molecule has 2 nitrogen and oxygen atoms in total. The molecule has 1 saturated carbocycles. The fourth-order valence-electron chi connectivity index (χ4n) is 4.91. The van der Waals surface area contributed by atoms with Crippen LogP contribution in [0.3, 0.4) is 0 Å². The second-order valence-electron chi connectivity index (χ2n) is 9.15. The molecule has 1 saturated heterocycles. The van der Waals surface area contributed by atoms with Crippen LogP contribution >= 0.6 is 0 Å². The van der Waals surface area contributed by atoms with Crippen LogP contribution < -0.4 is 0 Å². The van der Waals surface area contributed by atoms with E-state index in [9.17, 15) is 0 Å². The highest BCUT2D eigenvalue weighted by Crippen LogP contribution is 2.66. The lowest BCUT2D eigenvalue weighted by Gasteiger charge is -2.60. The molecular formula is C17H32O2. The van der Waals surface area contributed by atoms with Crippen molar-refractivity contribution in [2.75, 3.05) is 0 Å². The summed E-state index contributed by atoms with van der Waals surface area (Å²) < 4.78 is 0. The third kappa shape index (κ3) is 2.35. The van der Waals surface area contributed by atoms with E-state index >= 15 is 0 Å². The van der Waals surface area contributed by atoms with Crippen molar-refractivity contribution >= 4 is 0 Å². The van der Waals surface area contributed by atoms with Crippen LogP contribution in [0.2, 0.25) is 0 Å². The molecule has 1 aliphatic heterocycles. The van der Waals surface area contributed by atoms with Crippen LogP contribution in [0.15, 0.2) is 0 Å². The summed E-state index contributed by atoms with van der Waals surface area (Å²) in [7, 11) is 0. The lowest BCUT2D eigenvalue weighted by Crippen LogP contribution is -2.55. The van der Waals surface area contributed by atoms with Crippen LogP contribution in [0.4, 0.5) is 0 Å². The zero-order valence-corrected chi connectivity index (χ0v) is 14.1. The van der Waals surface area contributed by atoms with Gasteiger partial charge in [0.05, 0.1) is 0 Å². The van der Waals surface area contributed by atoms with Gasteiger partial charge in [-0.25, -0.2) is 0 Å². The molecule has 0 amide bonds. The standard InChI is InChI=1S/C17H32O2/c1-12(2)17(15(6,7)8)10-9-16(18-19-16)11-13(17)14(3,4)5/h12-13H,9-11H2,1-8H3. The fourth-order valence-corrected chi connectivity index (χ4v) is 4.91. The Bertz CT molecular complexity index is 341. The first kappa shape index (κ1) is 15.3. The molecule has 1 heterocycles. The molecule has 0 aromatic rings. The minimum atomic E-state index is -0.235. The van der Waals surface area contributed by atoms with Gasteiger partial charge in [-0.15, -0.1) is 0 Å². The van der Waals surface area contributed by atoms with Crippen LogP contribution in [0.25, 0.3) is 0 Å². The van der Waals surface area contributed by atoms with E-state index in [0.29, 0.717) is 22.7 Å². The second kappa shape index (κ2) is 4.21. The zero-order chi connectivity index (χ0) is 14.7. The maximum absolute atomic E-state index is 5.35. The minimum absolute atomic E-state index is 0.235. The molecule has 2 atom stereocenters. The Balaban J connectivity index is 2.44. The van der Waals surface area contributed by atoms with Gasteiger partial charge in [-0.05, 0) is 34.5 Å². The Labute approximate surface area is 119 Å². The van der Waals surface area contributed by atoms with Crippen LogP contribution in [0, 0.1) is 28.1 Å². The lowest BCUT2D eigenvalue weighted by atomic mass is 9.45. The van der Waals surface area contributed by atoms with Crippen LogP contribution in [0.1, 0.15) is 74.7 Å². The van der Waals surface area contributed by atoms with Gasteiger partial charge in [0, 0.05) is 12.8 Å². The Hall–Kier alpha value is -0.0800. The smallest absolute Gasteiger partial charge is 0.195 e. The number of hydrogen-bond donors (Lipinski definition) is 0. The van der Waals surface area contributed by atoms with Crippen molar-refractivity contribution in [2.45, 2.75) is 80.4 Å². The highest BCUT2D eigenvalue weighted by molar-refractivity contribution is 5.07.